The lowest BCUT2D eigenvalue weighted by molar-refractivity contribution is -0.127. The molecule has 2 aliphatic rings. The van der Waals surface area contributed by atoms with Gasteiger partial charge in [-0.05, 0) is 54.7 Å². The molecule has 1 fully saturated rings. The fourth-order valence-electron chi connectivity index (χ4n) is 5.31. The van der Waals surface area contributed by atoms with Crippen LogP contribution in [0.2, 0.25) is 0 Å². The van der Waals surface area contributed by atoms with Crippen LogP contribution in [-0.4, -0.2) is 46.9 Å². The largest absolute Gasteiger partial charge is 0.347 e. The summed E-state index contributed by atoms with van der Waals surface area (Å²) in [6.45, 7) is 4.64. The molecule has 4 heterocycles. The summed E-state index contributed by atoms with van der Waals surface area (Å²) >= 11 is 1.25. The van der Waals surface area contributed by atoms with Crippen LogP contribution in [0, 0.1) is 0 Å². The van der Waals surface area contributed by atoms with Crippen LogP contribution in [0.1, 0.15) is 33.6 Å². The molecule has 4 aromatic rings. The first kappa shape index (κ1) is 24.8. The standard InChI is InChI=1S/C30H27N5O3S/c1-2-24(36)34-15-7-11-21(18-34)32-28(37)27-26-25-23(13-14-31-29(25)39-27)35(30(38)33-26)22-12-6-10-20(17-22)16-19-8-4-3-5-9-19/h2-6,8-10,12-14,17,21H,1,7,11,15-16,18H2,(H,32,37)(H,33,38)/t21-/m1/s1. The summed E-state index contributed by atoms with van der Waals surface area (Å²) in [6.07, 6.45) is 5.28. The molecule has 0 radical (unpaired) electrons. The number of anilines is 3. The molecule has 8 nitrogen and oxygen atoms in total. The molecule has 0 aliphatic carbocycles. The number of carbonyl (C=O) groups is 3. The highest BCUT2D eigenvalue weighted by molar-refractivity contribution is 7.21. The van der Waals surface area contributed by atoms with Crippen LogP contribution in [0.4, 0.5) is 21.9 Å². The minimum atomic E-state index is -0.334. The molecule has 6 rings (SSSR count). The molecule has 0 bridgehead atoms. The lowest BCUT2D eigenvalue weighted by Crippen LogP contribution is -2.49. The number of carbonyl (C=O) groups excluding carboxylic acids is 3. The van der Waals surface area contributed by atoms with E-state index < -0.39 is 0 Å². The number of piperidine rings is 1. The maximum Gasteiger partial charge on any atom is 0.331 e. The lowest BCUT2D eigenvalue weighted by Gasteiger charge is -2.32. The van der Waals surface area contributed by atoms with Crippen LogP contribution < -0.4 is 15.5 Å². The Bertz CT molecular complexity index is 1600. The summed E-state index contributed by atoms with van der Waals surface area (Å²) in [5.74, 6) is -0.421. The second-order valence-corrected chi connectivity index (χ2v) is 10.7. The van der Waals surface area contributed by atoms with Crippen molar-refractivity contribution in [2.75, 3.05) is 23.3 Å². The Morgan fingerprint density at radius 2 is 1.95 bits per heavy atom. The van der Waals surface area contributed by atoms with Crippen molar-refractivity contribution in [3.05, 3.63) is 95.5 Å². The molecule has 2 aromatic carbocycles. The van der Waals surface area contributed by atoms with E-state index in [0.717, 1.165) is 35.9 Å². The van der Waals surface area contributed by atoms with E-state index in [9.17, 15) is 14.4 Å². The van der Waals surface area contributed by atoms with Crippen LogP contribution in [0.5, 0.6) is 0 Å². The first-order valence-electron chi connectivity index (χ1n) is 12.9. The lowest BCUT2D eigenvalue weighted by atomic mass is 10.0. The summed E-state index contributed by atoms with van der Waals surface area (Å²) in [4.78, 5) is 47.9. The second kappa shape index (κ2) is 10.3. The summed E-state index contributed by atoms with van der Waals surface area (Å²) in [6, 6.07) is 19.4. The Labute approximate surface area is 230 Å². The molecule has 9 heteroatoms. The van der Waals surface area contributed by atoms with E-state index in [-0.39, 0.29) is 23.9 Å². The number of hydrogen-bond donors (Lipinski definition) is 2. The normalized spacial score (nSPS) is 16.6. The SMILES string of the molecule is C=CC(=O)N1CCC[C@@H](NC(=O)c2sc3nccc4c3c2NC(=O)N4c2cccc(Cc3ccccc3)c2)C1. The molecule has 0 saturated carbocycles. The highest BCUT2D eigenvalue weighted by Crippen LogP contribution is 2.45. The Balaban J connectivity index is 1.30. The van der Waals surface area contributed by atoms with Gasteiger partial charge < -0.3 is 15.5 Å². The molecule has 1 saturated heterocycles. The number of nitrogens with zero attached hydrogens (tertiary/aromatic N) is 3. The molecule has 4 amide bonds. The van der Waals surface area contributed by atoms with Gasteiger partial charge in [-0.1, -0.05) is 49.0 Å². The third-order valence-corrected chi connectivity index (χ3v) is 8.21. The number of benzene rings is 2. The highest BCUT2D eigenvalue weighted by atomic mass is 32.1. The Morgan fingerprint density at radius 1 is 1.13 bits per heavy atom. The van der Waals surface area contributed by atoms with E-state index in [4.69, 9.17) is 0 Å². The molecule has 39 heavy (non-hydrogen) atoms. The van der Waals surface area contributed by atoms with Crippen molar-refractivity contribution in [3.63, 3.8) is 0 Å². The van der Waals surface area contributed by atoms with Crippen LogP contribution >= 0.6 is 11.3 Å². The van der Waals surface area contributed by atoms with Crippen molar-refractivity contribution in [2.45, 2.75) is 25.3 Å². The van der Waals surface area contributed by atoms with Gasteiger partial charge >= 0.3 is 6.03 Å². The molecule has 2 aliphatic heterocycles. The minimum Gasteiger partial charge on any atom is -0.347 e. The first-order chi connectivity index (χ1) is 19.0. The van der Waals surface area contributed by atoms with Gasteiger partial charge in [-0.2, -0.15) is 0 Å². The number of thiophene rings is 1. The molecule has 0 spiro atoms. The average molecular weight is 538 g/mol. The third kappa shape index (κ3) is 4.77. The van der Waals surface area contributed by atoms with Crippen molar-refractivity contribution in [3.8, 4) is 0 Å². The minimum absolute atomic E-state index is 0.139. The molecule has 1 atom stereocenters. The number of hydrogen-bond acceptors (Lipinski definition) is 5. The van der Waals surface area contributed by atoms with Crippen LogP contribution in [0.3, 0.4) is 0 Å². The van der Waals surface area contributed by atoms with Crippen molar-refractivity contribution >= 4 is 56.5 Å². The predicted molar refractivity (Wildman–Crippen MR) is 154 cm³/mol. The van der Waals surface area contributed by atoms with E-state index >= 15 is 0 Å². The topological polar surface area (TPSA) is 94.6 Å². The smallest absolute Gasteiger partial charge is 0.331 e. The van der Waals surface area contributed by atoms with Gasteiger partial charge in [0.2, 0.25) is 5.91 Å². The van der Waals surface area contributed by atoms with Crippen LogP contribution in [-0.2, 0) is 11.2 Å². The predicted octanol–water partition coefficient (Wildman–Crippen LogP) is 5.48. The monoisotopic (exact) mass is 537 g/mol. The van der Waals surface area contributed by atoms with Gasteiger partial charge in [0.15, 0.2) is 0 Å². The van der Waals surface area contributed by atoms with Crippen LogP contribution in [0.15, 0.2) is 79.5 Å². The first-order valence-corrected chi connectivity index (χ1v) is 13.7. The van der Waals surface area contributed by atoms with Gasteiger partial charge in [-0.3, -0.25) is 14.5 Å². The van der Waals surface area contributed by atoms with E-state index in [1.165, 1.54) is 23.0 Å². The van der Waals surface area contributed by atoms with Crippen molar-refractivity contribution < 1.29 is 14.4 Å². The maximum absolute atomic E-state index is 13.5. The zero-order valence-corrected chi connectivity index (χ0v) is 22.0. The van der Waals surface area contributed by atoms with Crippen LogP contribution in [0.25, 0.3) is 10.2 Å². The number of pyridine rings is 1. The summed E-state index contributed by atoms with van der Waals surface area (Å²) in [7, 11) is 0. The van der Waals surface area contributed by atoms with Gasteiger partial charge in [0.1, 0.15) is 9.71 Å². The number of aromatic nitrogens is 1. The summed E-state index contributed by atoms with van der Waals surface area (Å²) in [5, 5.41) is 6.77. The average Bonchev–Trinajstić information content (AvgIpc) is 3.33. The van der Waals surface area contributed by atoms with Gasteiger partial charge in [0, 0.05) is 25.3 Å². The zero-order chi connectivity index (χ0) is 26.9. The van der Waals surface area contributed by atoms with Crippen molar-refractivity contribution in [1.82, 2.24) is 15.2 Å². The maximum atomic E-state index is 13.5. The number of rotatable bonds is 6. The number of nitrogens with one attached hydrogen (secondary N) is 2. The Kier molecular flexibility index (Phi) is 6.58. The molecule has 0 unspecified atom stereocenters. The van der Waals surface area contributed by atoms with E-state index in [1.54, 1.807) is 16.0 Å². The summed E-state index contributed by atoms with van der Waals surface area (Å²) in [5.41, 5.74) is 4.18. The van der Waals surface area contributed by atoms with Gasteiger partial charge in [-0.25, -0.2) is 9.78 Å². The second-order valence-electron chi connectivity index (χ2n) is 9.72. The van der Waals surface area contributed by atoms with Crippen molar-refractivity contribution in [1.29, 1.82) is 0 Å². The molecular formula is C30H27N5O3S. The molecule has 2 N–H and O–H groups in total. The fourth-order valence-corrected chi connectivity index (χ4v) is 6.34. The third-order valence-electron chi connectivity index (χ3n) is 7.11. The zero-order valence-electron chi connectivity index (χ0n) is 21.2. The number of likely N-dealkylation sites (tertiary alicyclic amines) is 1. The molecular weight excluding hydrogens is 510 g/mol. The van der Waals surface area contributed by atoms with Gasteiger partial charge in [0.25, 0.3) is 5.91 Å². The Hall–Kier alpha value is -4.50. The van der Waals surface area contributed by atoms with Gasteiger partial charge in [-0.15, -0.1) is 11.3 Å². The molecule has 196 valence electrons. The number of urea groups is 1. The van der Waals surface area contributed by atoms with E-state index in [0.29, 0.717) is 34.2 Å². The van der Waals surface area contributed by atoms with E-state index in [1.807, 2.05) is 48.5 Å². The Morgan fingerprint density at radius 3 is 2.77 bits per heavy atom. The van der Waals surface area contributed by atoms with Crippen molar-refractivity contribution in [2.24, 2.45) is 0 Å². The number of amides is 4. The quantitative estimate of drug-likeness (QED) is 0.319. The van der Waals surface area contributed by atoms with Gasteiger partial charge in [0.05, 0.1) is 22.4 Å². The van der Waals surface area contributed by atoms with E-state index in [2.05, 4.69) is 34.3 Å². The fraction of sp³-hybridized carbons (Fsp3) is 0.200. The molecule has 2 aromatic heterocycles. The summed E-state index contributed by atoms with van der Waals surface area (Å²) < 4.78 is 0. The highest BCUT2D eigenvalue weighted by Gasteiger charge is 2.33.